The van der Waals surface area contributed by atoms with Crippen molar-refractivity contribution in [1.82, 2.24) is 15.2 Å². The van der Waals surface area contributed by atoms with Gasteiger partial charge in [-0.2, -0.15) is 0 Å². The number of rotatable bonds is 4. The van der Waals surface area contributed by atoms with Gasteiger partial charge in [0.05, 0.1) is 12.7 Å². The lowest BCUT2D eigenvalue weighted by Crippen LogP contribution is -2.44. The topological polar surface area (TPSA) is 160 Å². The van der Waals surface area contributed by atoms with Crippen LogP contribution in [-0.4, -0.2) is 76.8 Å². The number of nitrogens with one attached hydrogen (secondary N) is 2. The quantitative estimate of drug-likeness (QED) is 0.298. The first-order valence-corrected chi connectivity index (χ1v) is 16.5. The normalized spacial score (nSPS) is 26.0. The highest BCUT2D eigenvalue weighted by Gasteiger charge is 2.39. The average Bonchev–Trinajstić information content (AvgIpc) is 3.74. The van der Waals surface area contributed by atoms with Gasteiger partial charge in [-0.15, -0.1) is 0 Å². The Labute approximate surface area is 286 Å². The second-order valence-corrected chi connectivity index (χ2v) is 12.7. The second-order valence-electron chi connectivity index (χ2n) is 12.7. The minimum atomic E-state index is -0.860. The number of aromatic nitrogens is 1. The molecule has 12 nitrogen and oxygen atoms in total. The molecule has 2 aliphatic heterocycles. The van der Waals surface area contributed by atoms with E-state index in [1.807, 2.05) is 26.0 Å². The van der Waals surface area contributed by atoms with Crippen LogP contribution in [-0.2, 0) is 25.5 Å². The second kappa shape index (κ2) is 17.4. The molecular formula is C37H46N4O8. The molecule has 2 aromatic rings. The van der Waals surface area contributed by atoms with Gasteiger partial charge in [0.15, 0.2) is 11.6 Å². The monoisotopic (exact) mass is 674 g/mol. The van der Waals surface area contributed by atoms with Crippen molar-refractivity contribution in [3.63, 3.8) is 0 Å². The summed E-state index contributed by atoms with van der Waals surface area (Å²) in [4.78, 5) is 58.2. The Morgan fingerprint density at radius 2 is 1.96 bits per heavy atom. The van der Waals surface area contributed by atoms with Crippen LogP contribution in [0, 0.1) is 18.8 Å². The first-order chi connectivity index (χ1) is 23.4. The van der Waals surface area contributed by atoms with Gasteiger partial charge in [-0.1, -0.05) is 73.6 Å². The number of carbonyl (C=O) groups is 4. The number of nitrogens with zero attached hydrogens (tertiary/aromatic N) is 2. The van der Waals surface area contributed by atoms with Crippen LogP contribution in [0.25, 0.3) is 0 Å². The summed E-state index contributed by atoms with van der Waals surface area (Å²) in [7, 11) is 0. The molecule has 49 heavy (non-hydrogen) atoms. The van der Waals surface area contributed by atoms with Gasteiger partial charge in [-0.05, 0) is 51.3 Å². The van der Waals surface area contributed by atoms with E-state index < -0.39 is 48.1 Å². The highest BCUT2D eigenvalue weighted by molar-refractivity contribution is 5.95. The van der Waals surface area contributed by atoms with Gasteiger partial charge in [-0.3, -0.25) is 14.9 Å². The zero-order chi connectivity index (χ0) is 35.5. The Kier molecular flexibility index (Phi) is 13.1. The summed E-state index contributed by atoms with van der Waals surface area (Å²) in [6.07, 6.45) is 8.73. The van der Waals surface area contributed by atoms with E-state index in [-0.39, 0.29) is 43.5 Å². The molecular weight excluding hydrogens is 628 g/mol. The number of anilines is 1. The van der Waals surface area contributed by atoms with Gasteiger partial charge < -0.3 is 29.2 Å². The molecule has 2 bridgehead atoms. The van der Waals surface area contributed by atoms with Gasteiger partial charge in [0.25, 0.3) is 5.91 Å². The highest BCUT2D eigenvalue weighted by Crippen LogP contribution is 2.26. The maximum Gasteiger partial charge on any atom is 0.411 e. The molecule has 3 N–H and O–H groups in total. The number of aliphatic hydroxyl groups is 1. The number of allylic oxidation sites excluding steroid dienone is 2. The summed E-state index contributed by atoms with van der Waals surface area (Å²) in [5, 5.41) is 16.0. The first kappa shape index (κ1) is 36.9. The number of carbonyl (C=O) groups excluding carboxylic acids is 4. The molecule has 262 valence electrons. The molecule has 12 heteroatoms. The van der Waals surface area contributed by atoms with Crippen LogP contribution in [0.1, 0.15) is 62.0 Å². The highest BCUT2D eigenvalue weighted by atomic mass is 16.6. The summed E-state index contributed by atoms with van der Waals surface area (Å²) < 4.78 is 17.1. The largest absolute Gasteiger partial charge is 0.460 e. The van der Waals surface area contributed by atoms with Crippen LogP contribution in [0.2, 0.25) is 0 Å². The van der Waals surface area contributed by atoms with Crippen LogP contribution in [0.15, 0.2) is 83.1 Å². The molecule has 2 aliphatic rings. The molecule has 0 saturated carbocycles. The number of hydrogen-bond donors (Lipinski definition) is 3. The summed E-state index contributed by atoms with van der Waals surface area (Å²) in [6, 6.07) is 6.41. The van der Waals surface area contributed by atoms with E-state index >= 15 is 0 Å². The maximum absolute atomic E-state index is 13.7. The zero-order valence-corrected chi connectivity index (χ0v) is 28.5. The molecule has 1 aromatic carbocycles. The van der Waals surface area contributed by atoms with Crippen LogP contribution in [0.4, 0.5) is 10.5 Å². The number of oxazole rings is 1. The molecule has 0 aliphatic carbocycles. The molecule has 4 rings (SSSR count). The van der Waals surface area contributed by atoms with Crippen molar-refractivity contribution in [2.75, 3.05) is 25.0 Å². The predicted octanol–water partition coefficient (Wildman–Crippen LogP) is 5.06. The fourth-order valence-corrected chi connectivity index (χ4v) is 5.75. The summed E-state index contributed by atoms with van der Waals surface area (Å²) in [5.41, 5.74) is 3.15. The van der Waals surface area contributed by atoms with Crippen molar-refractivity contribution < 1.29 is 38.2 Å². The van der Waals surface area contributed by atoms with Crippen molar-refractivity contribution in [3.05, 3.63) is 95.8 Å². The molecule has 5 atom stereocenters. The number of hydrogen-bond acceptors (Lipinski definition) is 9. The molecule has 3 heterocycles. The standard InChI is InChI=1S/C37H46N4O8/c1-23-10-13-28(14-11-23)39-37(46)48-21-27(5)34-26(4)12-15-32(43)38-16-6-8-24(2)18-29(42)19-25(3)20-33-40-30(22-47-33)35(44)41-17-7-9-31(41)36(45)49-34/h6,8,10-15,18,22,26-27,29,31,34,42H,3,7,9,16-17,19-21H2,1-2,4-5H3,(H,38,43)(H,39,46)/b8-6+,15-12+,24-18+. The van der Waals surface area contributed by atoms with Gasteiger partial charge >= 0.3 is 12.1 Å². The number of cyclic esters (lactones) is 1. The fourth-order valence-electron chi connectivity index (χ4n) is 5.75. The molecule has 1 saturated heterocycles. The van der Waals surface area contributed by atoms with Gasteiger partial charge in [-0.25, -0.2) is 14.6 Å². The third kappa shape index (κ3) is 11.0. The van der Waals surface area contributed by atoms with Gasteiger partial charge in [0, 0.05) is 37.0 Å². The lowest BCUT2D eigenvalue weighted by molar-refractivity contribution is -0.159. The number of amides is 3. The molecule has 0 radical (unpaired) electrons. The van der Waals surface area contributed by atoms with Crippen LogP contribution < -0.4 is 10.6 Å². The van der Waals surface area contributed by atoms with Gasteiger partial charge in [0.2, 0.25) is 5.91 Å². The molecule has 1 aromatic heterocycles. The fraction of sp³-hybridized carbons (Fsp3) is 0.432. The number of aryl methyl sites for hydroxylation is 1. The minimum Gasteiger partial charge on any atom is -0.460 e. The van der Waals surface area contributed by atoms with Gasteiger partial charge in [0.1, 0.15) is 18.4 Å². The van der Waals surface area contributed by atoms with E-state index in [0.717, 1.165) is 11.1 Å². The number of aliphatic hydroxyl groups excluding tert-OH is 1. The molecule has 1 fully saturated rings. The molecule has 0 spiro atoms. The Balaban J connectivity index is 1.54. The van der Waals surface area contributed by atoms with Crippen LogP contribution in [0.3, 0.4) is 0 Å². The van der Waals surface area contributed by atoms with E-state index in [1.54, 1.807) is 50.3 Å². The Morgan fingerprint density at radius 1 is 1.20 bits per heavy atom. The SMILES string of the molecule is C=C1Cc2nc(co2)C(=O)N2CCCC2C(=O)OC(C(C)COC(=O)Nc2ccc(C)cc2)C(C)/C=C/C(=O)NC/C=C/C(C)=C/C(O)C1. The lowest BCUT2D eigenvalue weighted by Gasteiger charge is -2.30. The third-order valence-corrected chi connectivity index (χ3v) is 8.34. The number of esters is 1. The van der Waals surface area contributed by atoms with Crippen molar-refractivity contribution in [3.8, 4) is 0 Å². The first-order valence-electron chi connectivity index (χ1n) is 16.5. The molecule has 5 unspecified atom stereocenters. The van der Waals surface area contributed by atoms with Crippen LogP contribution in [0.5, 0.6) is 0 Å². The van der Waals surface area contributed by atoms with E-state index in [1.165, 1.54) is 17.2 Å². The van der Waals surface area contributed by atoms with E-state index in [9.17, 15) is 24.3 Å². The smallest absolute Gasteiger partial charge is 0.411 e. The average molecular weight is 675 g/mol. The number of benzene rings is 1. The van der Waals surface area contributed by atoms with E-state index in [0.29, 0.717) is 30.6 Å². The number of ether oxygens (including phenoxy) is 2. The summed E-state index contributed by atoms with van der Waals surface area (Å²) >= 11 is 0. The maximum atomic E-state index is 13.7. The van der Waals surface area contributed by atoms with Crippen molar-refractivity contribution >= 4 is 29.6 Å². The molecule has 3 amide bonds. The van der Waals surface area contributed by atoms with Crippen LogP contribution >= 0.6 is 0 Å². The summed E-state index contributed by atoms with van der Waals surface area (Å²) in [5.74, 6) is -2.08. The Hall–Kier alpha value is -4.97. The third-order valence-electron chi connectivity index (χ3n) is 8.34. The van der Waals surface area contributed by atoms with E-state index in [2.05, 4.69) is 22.2 Å². The lowest BCUT2D eigenvalue weighted by atomic mass is 9.93. The number of fused-ring (bicyclic) bond motifs is 3. The van der Waals surface area contributed by atoms with Crippen molar-refractivity contribution in [2.45, 2.75) is 71.6 Å². The Bertz CT molecular complexity index is 1590. The zero-order valence-electron chi connectivity index (χ0n) is 28.5. The Morgan fingerprint density at radius 3 is 2.71 bits per heavy atom. The summed E-state index contributed by atoms with van der Waals surface area (Å²) in [6.45, 7) is 11.9. The van der Waals surface area contributed by atoms with Crippen molar-refractivity contribution in [2.24, 2.45) is 11.8 Å². The minimum absolute atomic E-state index is 0.0579. The van der Waals surface area contributed by atoms with Crippen molar-refractivity contribution in [1.29, 1.82) is 0 Å². The predicted molar refractivity (Wildman–Crippen MR) is 183 cm³/mol. The van der Waals surface area contributed by atoms with E-state index in [4.69, 9.17) is 13.9 Å².